The largest absolute Gasteiger partial charge is 0.490 e. The van der Waals surface area contributed by atoms with E-state index >= 15 is 0 Å². The molecule has 0 aliphatic rings. The van der Waals surface area contributed by atoms with Gasteiger partial charge >= 0.3 is 0 Å². The van der Waals surface area contributed by atoms with Crippen molar-refractivity contribution in [1.29, 1.82) is 0 Å². The first-order valence-electron chi connectivity index (χ1n) is 6.66. The summed E-state index contributed by atoms with van der Waals surface area (Å²) < 4.78 is 15.5. The first-order chi connectivity index (χ1) is 10.7. The van der Waals surface area contributed by atoms with E-state index in [-0.39, 0.29) is 6.61 Å². The number of para-hydroxylation sites is 2. The van der Waals surface area contributed by atoms with Crippen LogP contribution in [-0.2, 0) is 4.79 Å². The lowest BCUT2D eigenvalue weighted by Gasteiger charge is -2.11. The van der Waals surface area contributed by atoms with Gasteiger partial charge in [0.25, 0.3) is 11.8 Å². The quantitative estimate of drug-likeness (QED) is 0.790. The highest BCUT2D eigenvalue weighted by Crippen LogP contribution is 2.26. The van der Waals surface area contributed by atoms with Gasteiger partial charge in [-0.3, -0.25) is 20.4 Å². The molecule has 0 atom stereocenters. The van der Waals surface area contributed by atoms with Crippen molar-refractivity contribution in [3.63, 3.8) is 0 Å². The minimum Gasteiger partial charge on any atom is -0.490 e. The zero-order chi connectivity index (χ0) is 15.8. The molecule has 2 rings (SSSR count). The number of hydrazine groups is 1. The molecule has 0 fully saturated rings. The van der Waals surface area contributed by atoms with Gasteiger partial charge in [-0.15, -0.1) is 0 Å². The van der Waals surface area contributed by atoms with Gasteiger partial charge in [0.2, 0.25) is 0 Å². The van der Waals surface area contributed by atoms with Gasteiger partial charge in [-0.05, 0) is 25.1 Å². The third-order valence-corrected chi connectivity index (χ3v) is 2.61. The summed E-state index contributed by atoms with van der Waals surface area (Å²) in [4.78, 5) is 23.2. The Hall–Kier alpha value is -2.96. The molecule has 7 nitrogen and oxygen atoms in total. The average Bonchev–Trinajstić information content (AvgIpc) is 3.06. The van der Waals surface area contributed by atoms with Crippen LogP contribution in [0.1, 0.15) is 17.3 Å². The van der Waals surface area contributed by atoms with Gasteiger partial charge in [0.1, 0.15) is 6.26 Å². The van der Waals surface area contributed by atoms with Crippen LogP contribution in [0.4, 0.5) is 0 Å². The fourth-order valence-electron chi connectivity index (χ4n) is 1.62. The smallest absolute Gasteiger partial charge is 0.276 e. The minimum atomic E-state index is -0.497. The van der Waals surface area contributed by atoms with Crippen molar-refractivity contribution in [2.75, 3.05) is 13.2 Å². The molecule has 0 saturated carbocycles. The summed E-state index contributed by atoms with van der Waals surface area (Å²) in [6.07, 6.45) is 2.64. The van der Waals surface area contributed by atoms with Gasteiger partial charge in [-0.1, -0.05) is 12.1 Å². The number of carbonyl (C=O) groups excluding carboxylic acids is 2. The third-order valence-electron chi connectivity index (χ3n) is 2.61. The molecule has 1 aromatic carbocycles. The molecule has 1 heterocycles. The molecule has 0 bridgehead atoms. The van der Waals surface area contributed by atoms with E-state index in [4.69, 9.17) is 13.9 Å². The van der Waals surface area contributed by atoms with Crippen molar-refractivity contribution in [3.05, 3.63) is 48.4 Å². The predicted molar refractivity (Wildman–Crippen MR) is 77.4 cm³/mol. The van der Waals surface area contributed by atoms with E-state index in [0.29, 0.717) is 23.7 Å². The van der Waals surface area contributed by atoms with E-state index in [1.807, 2.05) is 13.0 Å². The number of rotatable bonds is 6. The van der Waals surface area contributed by atoms with Crippen LogP contribution in [0.25, 0.3) is 0 Å². The van der Waals surface area contributed by atoms with Crippen LogP contribution < -0.4 is 20.3 Å². The number of furan rings is 1. The van der Waals surface area contributed by atoms with Gasteiger partial charge in [0, 0.05) is 0 Å². The molecule has 22 heavy (non-hydrogen) atoms. The lowest BCUT2D eigenvalue weighted by atomic mass is 10.3. The number of carbonyl (C=O) groups is 2. The molecule has 7 heteroatoms. The number of hydrogen-bond donors (Lipinski definition) is 2. The summed E-state index contributed by atoms with van der Waals surface area (Å²) in [6.45, 7) is 2.10. The Morgan fingerprint density at radius 3 is 2.45 bits per heavy atom. The van der Waals surface area contributed by atoms with E-state index in [2.05, 4.69) is 10.9 Å². The Balaban J connectivity index is 1.79. The van der Waals surface area contributed by atoms with Crippen LogP contribution >= 0.6 is 0 Å². The summed E-state index contributed by atoms with van der Waals surface area (Å²) in [5.41, 5.74) is 4.81. The third kappa shape index (κ3) is 4.27. The minimum absolute atomic E-state index is 0.254. The van der Waals surface area contributed by atoms with Crippen LogP contribution in [0.3, 0.4) is 0 Å². The molecule has 0 radical (unpaired) electrons. The highest BCUT2D eigenvalue weighted by atomic mass is 16.5. The highest BCUT2D eigenvalue weighted by Gasteiger charge is 2.10. The summed E-state index contributed by atoms with van der Waals surface area (Å²) >= 11 is 0. The number of hydrogen-bond acceptors (Lipinski definition) is 5. The van der Waals surface area contributed by atoms with E-state index in [1.54, 1.807) is 18.2 Å². The van der Waals surface area contributed by atoms with Gasteiger partial charge in [0.05, 0.1) is 18.4 Å². The SMILES string of the molecule is CCOc1ccccc1OCC(=O)NNC(=O)c1ccoc1. The van der Waals surface area contributed by atoms with Crippen LogP contribution in [0, 0.1) is 0 Å². The Kier molecular flexibility index (Phi) is 5.42. The zero-order valence-corrected chi connectivity index (χ0v) is 12.0. The second-order valence-corrected chi connectivity index (χ2v) is 4.18. The van der Waals surface area contributed by atoms with E-state index in [0.717, 1.165) is 0 Å². The summed E-state index contributed by atoms with van der Waals surface area (Å²) in [7, 11) is 0. The summed E-state index contributed by atoms with van der Waals surface area (Å²) in [5, 5.41) is 0. The van der Waals surface area contributed by atoms with Crippen molar-refractivity contribution < 1.29 is 23.5 Å². The normalized spacial score (nSPS) is 9.86. The lowest BCUT2D eigenvalue weighted by molar-refractivity contribution is -0.123. The topological polar surface area (TPSA) is 89.8 Å². The molecule has 2 N–H and O–H groups in total. The Bertz CT molecular complexity index is 625. The maximum atomic E-state index is 11.6. The van der Waals surface area contributed by atoms with Crippen molar-refractivity contribution in [1.82, 2.24) is 10.9 Å². The number of amides is 2. The number of nitrogens with one attached hydrogen (secondary N) is 2. The van der Waals surface area contributed by atoms with Gasteiger partial charge < -0.3 is 13.9 Å². The molecule has 0 aliphatic carbocycles. The van der Waals surface area contributed by atoms with E-state index in [9.17, 15) is 9.59 Å². The van der Waals surface area contributed by atoms with Crippen molar-refractivity contribution in [2.45, 2.75) is 6.92 Å². The molecule has 2 aromatic rings. The van der Waals surface area contributed by atoms with E-state index < -0.39 is 11.8 Å². The van der Waals surface area contributed by atoms with Crippen molar-refractivity contribution in [2.24, 2.45) is 0 Å². The average molecular weight is 304 g/mol. The molecular formula is C15H16N2O5. The highest BCUT2D eigenvalue weighted by molar-refractivity contribution is 5.95. The lowest BCUT2D eigenvalue weighted by Crippen LogP contribution is -2.43. The Labute approximate surface area is 127 Å². The number of benzene rings is 1. The van der Waals surface area contributed by atoms with Crippen molar-refractivity contribution >= 4 is 11.8 Å². The maximum absolute atomic E-state index is 11.6. The zero-order valence-electron chi connectivity index (χ0n) is 12.0. The second-order valence-electron chi connectivity index (χ2n) is 4.18. The van der Waals surface area contributed by atoms with Crippen molar-refractivity contribution in [3.8, 4) is 11.5 Å². The maximum Gasteiger partial charge on any atom is 0.276 e. The van der Waals surface area contributed by atoms with Gasteiger partial charge in [-0.25, -0.2) is 0 Å². The Morgan fingerprint density at radius 1 is 1.09 bits per heavy atom. The molecular weight excluding hydrogens is 288 g/mol. The molecule has 2 amide bonds. The standard InChI is InChI=1S/C15H16N2O5/c1-2-21-12-5-3-4-6-13(12)22-10-14(18)16-17-15(19)11-7-8-20-9-11/h3-9H,2,10H2,1H3,(H,16,18)(H,17,19). The first-order valence-corrected chi connectivity index (χ1v) is 6.66. The van der Waals surface area contributed by atoms with Gasteiger partial charge in [0.15, 0.2) is 18.1 Å². The fourth-order valence-corrected chi connectivity index (χ4v) is 1.62. The summed E-state index contributed by atoms with van der Waals surface area (Å²) in [6, 6.07) is 8.51. The summed E-state index contributed by atoms with van der Waals surface area (Å²) in [5.74, 6) is 0.0425. The fraction of sp³-hybridized carbons (Fsp3) is 0.200. The molecule has 1 aromatic heterocycles. The predicted octanol–water partition coefficient (Wildman–Crippen LogP) is 1.52. The van der Waals surface area contributed by atoms with E-state index in [1.165, 1.54) is 18.6 Å². The molecule has 0 aliphatic heterocycles. The first kappa shape index (κ1) is 15.4. The molecule has 0 unspecified atom stereocenters. The molecule has 0 spiro atoms. The molecule has 116 valence electrons. The second kappa shape index (κ2) is 7.72. The van der Waals surface area contributed by atoms with Crippen LogP contribution in [0.15, 0.2) is 47.3 Å². The number of ether oxygens (including phenoxy) is 2. The van der Waals surface area contributed by atoms with Gasteiger partial charge in [-0.2, -0.15) is 0 Å². The monoisotopic (exact) mass is 304 g/mol. The van der Waals surface area contributed by atoms with Crippen LogP contribution in [-0.4, -0.2) is 25.0 Å². The van der Waals surface area contributed by atoms with Crippen LogP contribution in [0.5, 0.6) is 11.5 Å². The molecule has 0 saturated heterocycles. The Morgan fingerprint density at radius 2 is 1.82 bits per heavy atom. The van der Waals surface area contributed by atoms with Crippen LogP contribution in [0.2, 0.25) is 0 Å².